The zero-order valence-corrected chi connectivity index (χ0v) is 7.83. The summed E-state index contributed by atoms with van der Waals surface area (Å²) in [4.78, 5) is 4.48. The summed E-state index contributed by atoms with van der Waals surface area (Å²) in [5, 5.41) is 0. The van der Waals surface area contributed by atoms with Crippen LogP contribution in [0.5, 0.6) is 0 Å². The van der Waals surface area contributed by atoms with Crippen LogP contribution in [0.15, 0.2) is 17.3 Å². The molecular weight excluding hydrogens is 148 g/mol. The number of aromatic nitrogens is 1. The fourth-order valence-corrected chi connectivity index (χ4v) is 1.86. The van der Waals surface area contributed by atoms with Gasteiger partial charge in [0.1, 0.15) is 0 Å². The molecule has 1 aromatic heterocycles. The van der Waals surface area contributed by atoms with Gasteiger partial charge in [0.05, 0.1) is 11.4 Å². The molecule has 1 atom stereocenters. The number of hydrogen-bond donors (Lipinski definition) is 0. The predicted molar refractivity (Wildman–Crippen MR) is 50.9 cm³/mol. The van der Waals surface area contributed by atoms with Crippen LogP contribution in [0.2, 0.25) is 0 Å². The number of nitrogens with zero attached hydrogens (tertiary/aromatic N) is 2. The summed E-state index contributed by atoms with van der Waals surface area (Å²) in [6.45, 7) is 5.27. The van der Waals surface area contributed by atoms with E-state index in [4.69, 9.17) is 0 Å². The molecule has 0 fully saturated rings. The van der Waals surface area contributed by atoms with Crippen molar-refractivity contribution in [3.8, 4) is 0 Å². The maximum atomic E-state index is 4.48. The third kappa shape index (κ3) is 0.909. The van der Waals surface area contributed by atoms with Crippen molar-refractivity contribution in [2.45, 2.75) is 19.8 Å². The smallest absolute Gasteiger partial charge is 0.0651 e. The highest BCUT2D eigenvalue weighted by Gasteiger charge is 2.19. The topological polar surface area (TPSA) is 17.3 Å². The van der Waals surface area contributed by atoms with E-state index in [0.717, 1.165) is 6.54 Å². The minimum absolute atomic E-state index is 0.588. The molecule has 0 N–H and O–H groups in total. The first-order valence-electron chi connectivity index (χ1n) is 4.37. The molecule has 12 heavy (non-hydrogen) atoms. The van der Waals surface area contributed by atoms with Crippen molar-refractivity contribution in [3.05, 3.63) is 23.5 Å². The SMILES string of the molecule is CC1=NC[C@@H](C)c2ccn(C)c21. The molecule has 0 saturated heterocycles. The Morgan fingerprint density at radius 2 is 2.33 bits per heavy atom. The molecule has 1 aliphatic rings. The second-order valence-corrected chi connectivity index (χ2v) is 3.56. The van der Waals surface area contributed by atoms with Gasteiger partial charge in [0.2, 0.25) is 0 Å². The van der Waals surface area contributed by atoms with Gasteiger partial charge in [-0.1, -0.05) is 6.92 Å². The third-order valence-corrected chi connectivity index (χ3v) is 2.58. The Hall–Kier alpha value is -1.05. The molecule has 64 valence electrons. The van der Waals surface area contributed by atoms with Gasteiger partial charge >= 0.3 is 0 Å². The maximum Gasteiger partial charge on any atom is 0.0651 e. The van der Waals surface area contributed by atoms with Crippen molar-refractivity contribution >= 4 is 5.71 Å². The zero-order valence-electron chi connectivity index (χ0n) is 7.83. The van der Waals surface area contributed by atoms with E-state index in [1.165, 1.54) is 17.0 Å². The average molecular weight is 162 g/mol. The van der Waals surface area contributed by atoms with Crippen LogP contribution in [0.1, 0.15) is 31.0 Å². The van der Waals surface area contributed by atoms with E-state index in [2.05, 4.69) is 42.7 Å². The largest absolute Gasteiger partial charge is 0.349 e. The number of aryl methyl sites for hydroxylation is 1. The highest BCUT2D eigenvalue weighted by molar-refractivity contribution is 5.99. The fraction of sp³-hybridized carbons (Fsp3) is 0.500. The molecule has 0 unspecified atom stereocenters. The lowest BCUT2D eigenvalue weighted by molar-refractivity contribution is 0.747. The lowest BCUT2D eigenvalue weighted by Gasteiger charge is -2.17. The molecule has 0 aromatic carbocycles. The summed E-state index contributed by atoms with van der Waals surface area (Å²) in [6.07, 6.45) is 2.12. The van der Waals surface area contributed by atoms with Crippen molar-refractivity contribution in [1.29, 1.82) is 0 Å². The Morgan fingerprint density at radius 3 is 3.00 bits per heavy atom. The van der Waals surface area contributed by atoms with Crippen molar-refractivity contribution in [2.24, 2.45) is 12.0 Å². The van der Waals surface area contributed by atoms with Gasteiger partial charge in [-0.05, 0) is 18.6 Å². The van der Waals surface area contributed by atoms with Gasteiger partial charge in [0.15, 0.2) is 0 Å². The predicted octanol–water partition coefficient (Wildman–Crippen LogP) is 1.95. The van der Waals surface area contributed by atoms with Crippen molar-refractivity contribution in [2.75, 3.05) is 6.54 Å². The molecule has 1 aliphatic heterocycles. The van der Waals surface area contributed by atoms with E-state index < -0.39 is 0 Å². The summed E-state index contributed by atoms with van der Waals surface area (Å²) in [7, 11) is 2.08. The lowest BCUT2D eigenvalue weighted by atomic mass is 9.97. The highest BCUT2D eigenvalue weighted by Crippen LogP contribution is 2.25. The number of fused-ring (bicyclic) bond motifs is 1. The van der Waals surface area contributed by atoms with Gasteiger partial charge in [0, 0.05) is 25.7 Å². The van der Waals surface area contributed by atoms with E-state index in [-0.39, 0.29) is 0 Å². The number of aliphatic imine (C=N–C) groups is 1. The van der Waals surface area contributed by atoms with E-state index in [9.17, 15) is 0 Å². The van der Waals surface area contributed by atoms with E-state index >= 15 is 0 Å². The summed E-state index contributed by atoms with van der Waals surface area (Å²) in [6, 6.07) is 2.21. The van der Waals surface area contributed by atoms with Crippen LogP contribution < -0.4 is 0 Å². The molecule has 2 heterocycles. The molecule has 2 nitrogen and oxygen atoms in total. The van der Waals surface area contributed by atoms with Crippen LogP contribution in [0, 0.1) is 0 Å². The molecule has 2 heteroatoms. The first kappa shape index (κ1) is 7.59. The van der Waals surface area contributed by atoms with E-state index in [1.54, 1.807) is 0 Å². The molecule has 0 aliphatic carbocycles. The second kappa shape index (κ2) is 2.47. The first-order chi connectivity index (χ1) is 5.70. The van der Waals surface area contributed by atoms with Crippen molar-refractivity contribution < 1.29 is 0 Å². The minimum atomic E-state index is 0.588. The quantitative estimate of drug-likeness (QED) is 0.555. The van der Waals surface area contributed by atoms with Gasteiger partial charge in [0.25, 0.3) is 0 Å². The highest BCUT2D eigenvalue weighted by atomic mass is 15.0. The minimum Gasteiger partial charge on any atom is -0.349 e. The summed E-state index contributed by atoms with van der Waals surface area (Å²) in [5.41, 5.74) is 3.94. The normalized spacial score (nSPS) is 21.9. The van der Waals surface area contributed by atoms with Gasteiger partial charge < -0.3 is 4.57 Å². The number of hydrogen-bond acceptors (Lipinski definition) is 1. The fourth-order valence-electron chi connectivity index (χ4n) is 1.86. The van der Waals surface area contributed by atoms with Gasteiger partial charge in [-0.15, -0.1) is 0 Å². The van der Waals surface area contributed by atoms with Crippen molar-refractivity contribution in [1.82, 2.24) is 4.57 Å². The Morgan fingerprint density at radius 1 is 1.58 bits per heavy atom. The Kier molecular flexibility index (Phi) is 1.56. The average Bonchev–Trinajstić information content (AvgIpc) is 2.42. The standard InChI is InChI=1S/C10H14N2/c1-7-6-11-8(2)10-9(7)4-5-12(10)3/h4-5,7H,6H2,1-3H3/t7-/m1/s1. The van der Waals surface area contributed by atoms with Gasteiger partial charge in [-0.2, -0.15) is 0 Å². The summed E-state index contributed by atoms with van der Waals surface area (Å²) < 4.78 is 2.16. The molecule has 1 aromatic rings. The molecule has 0 amide bonds. The summed E-state index contributed by atoms with van der Waals surface area (Å²) >= 11 is 0. The zero-order chi connectivity index (χ0) is 8.72. The summed E-state index contributed by atoms with van der Waals surface area (Å²) in [5.74, 6) is 0.588. The Bertz CT molecular complexity index is 334. The Balaban J connectivity index is 2.61. The molecule has 2 rings (SSSR count). The van der Waals surface area contributed by atoms with Gasteiger partial charge in [-0.3, -0.25) is 4.99 Å². The molecular formula is C10H14N2. The van der Waals surface area contributed by atoms with Gasteiger partial charge in [-0.25, -0.2) is 0 Å². The first-order valence-corrected chi connectivity index (χ1v) is 4.37. The van der Waals surface area contributed by atoms with E-state index in [0.29, 0.717) is 5.92 Å². The van der Waals surface area contributed by atoms with E-state index in [1.807, 2.05) is 0 Å². The van der Waals surface area contributed by atoms with Crippen LogP contribution in [0.4, 0.5) is 0 Å². The maximum absolute atomic E-state index is 4.48. The monoisotopic (exact) mass is 162 g/mol. The van der Waals surface area contributed by atoms with Crippen LogP contribution >= 0.6 is 0 Å². The lowest BCUT2D eigenvalue weighted by Crippen LogP contribution is -2.15. The number of rotatable bonds is 0. The van der Waals surface area contributed by atoms with Crippen molar-refractivity contribution in [3.63, 3.8) is 0 Å². The second-order valence-electron chi connectivity index (χ2n) is 3.56. The van der Waals surface area contributed by atoms with Crippen LogP contribution in [-0.4, -0.2) is 16.8 Å². The third-order valence-electron chi connectivity index (χ3n) is 2.58. The molecule has 0 saturated carbocycles. The Labute approximate surface area is 72.9 Å². The molecule has 0 bridgehead atoms. The van der Waals surface area contributed by atoms with Crippen LogP contribution in [0.25, 0.3) is 0 Å². The molecule has 0 radical (unpaired) electrons. The molecule has 0 spiro atoms. The van der Waals surface area contributed by atoms with Crippen LogP contribution in [-0.2, 0) is 7.05 Å². The van der Waals surface area contributed by atoms with Crippen LogP contribution in [0.3, 0.4) is 0 Å².